The Morgan fingerprint density at radius 3 is 2.26 bits per heavy atom. The van der Waals surface area contributed by atoms with E-state index in [1.54, 1.807) is 24.5 Å². The number of carbonyl (C=O) groups is 2. The van der Waals surface area contributed by atoms with Gasteiger partial charge in [0.25, 0.3) is 5.91 Å². The van der Waals surface area contributed by atoms with E-state index in [2.05, 4.69) is 36.5 Å². The fraction of sp³-hybridized carbons (Fsp3) is 0.273. The van der Waals surface area contributed by atoms with Gasteiger partial charge in [0.05, 0.1) is 6.61 Å². The Balaban J connectivity index is 1.47. The number of aromatic nitrogens is 2. The van der Waals surface area contributed by atoms with Crippen LogP contribution in [0.1, 0.15) is 56.1 Å². The van der Waals surface area contributed by atoms with Crippen LogP contribution < -0.4 is 10.6 Å². The van der Waals surface area contributed by atoms with E-state index in [0.717, 1.165) is 57.1 Å². The van der Waals surface area contributed by atoms with Crippen LogP contribution in [0.15, 0.2) is 77.5 Å². The zero-order valence-electron chi connectivity index (χ0n) is 23.6. The Morgan fingerprint density at radius 2 is 1.55 bits per heavy atom. The zero-order chi connectivity index (χ0) is 29.9. The summed E-state index contributed by atoms with van der Waals surface area (Å²) in [6, 6.07) is 18.8. The number of hydrogen-bond acceptors (Lipinski definition) is 7. The lowest BCUT2D eigenvalue weighted by Gasteiger charge is -2.15. The first-order chi connectivity index (χ1) is 20.4. The van der Waals surface area contributed by atoms with Crippen LogP contribution in [0, 0.1) is 6.92 Å². The van der Waals surface area contributed by atoms with E-state index in [1.807, 2.05) is 55.5 Å². The van der Waals surface area contributed by atoms with Gasteiger partial charge in [0.15, 0.2) is 5.78 Å². The summed E-state index contributed by atoms with van der Waals surface area (Å²) in [4.78, 5) is 34.7. The van der Waals surface area contributed by atoms with Crippen LogP contribution >= 0.6 is 15.9 Å². The number of halogens is 1. The van der Waals surface area contributed by atoms with Gasteiger partial charge in [0.2, 0.25) is 0 Å². The van der Waals surface area contributed by atoms with E-state index in [-0.39, 0.29) is 31.3 Å². The number of aryl methyl sites for hydroxylation is 1. The van der Waals surface area contributed by atoms with Crippen LogP contribution in [0.25, 0.3) is 11.1 Å². The normalized spacial score (nSPS) is 11.0. The lowest BCUT2D eigenvalue weighted by Crippen LogP contribution is -2.17. The highest BCUT2D eigenvalue weighted by Gasteiger charge is 2.17. The lowest BCUT2D eigenvalue weighted by molar-refractivity contribution is 0.0986. The van der Waals surface area contributed by atoms with Gasteiger partial charge in [-0.25, -0.2) is 0 Å². The molecule has 0 atom stereocenters. The molecule has 42 heavy (non-hydrogen) atoms. The van der Waals surface area contributed by atoms with Crippen LogP contribution in [0.3, 0.4) is 0 Å². The number of unbranched alkanes of at least 4 members (excludes halogenated alkanes) is 1. The summed E-state index contributed by atoms with van der Waals surface area (Å²) >= 11 is 3.73. The van der Waals surface area contributed by atoms with Gasteiger partial charge >= 0.3 is 0 Å². The number of rotatable bonds is 14. The largest absolute Gasteiger partial charge is 0.396 e. The van der Waals surface area contributed by atoms with Crippen molar-refractivity contribution in [2.75, 3.05) is 25.1 Å². The summed E-state index contributed by atoms with van der Waals surface area (Å²) in [6.07, 6.45) is 5.98. The van der Waals surface area contributed by atoms with Crippen LogP contribution in [-0.2, 0) is 19.4 Å². The monoisotopic (exact) mass is 630 g/mol. The molecule has 0 aliphatic carbocycles. The highest BCUT2D eigenvalue weighted by atomic mass is 79.9. The second kappa shape index (κ2) is 15.5. The number of nitrogens with zero attached hydrogens (tertiary/aromatic N) is 2. The lowest BCUT2D eigenvalue weighted by atomic mass is 9.96. The number of Topliss-reactive ketones (excluding diaryl/α,β-unsaturated/α-hetero) is 1. The Hall–Kier alpha value is -3.76. The van der Waals surface area contributed by atoms with Crippen molar-refractivity contribution in [2.45, 2.75) is 39.2 Å². The summed E-state index contributed by atoms with van der Waals surface area (Å²) in [6.45, 7) is 3.26. The first-order valence-corrected chi connectivity index (χ1v) is 14.7. The molecule has 1 amide bonds. The third-order valence-corrected chi connectivity index (χ3v) is 7.90. The molecule has 8 nitrogen and oxygen atoms in total. The molecule has 0 fully saturated rings. The van der Waals surface area contributed by atoms with Crippen molar-refractivity contribution in [3.63, 3.8) is 0 Å². The van der Waals surface area contributed by atoms with E-state index in [4.69, 9.17) is 10.2 Å². The Kier molecular flexibility index (Phi) is 11.5. The predicted octanol–water partition coefficient (Wildman–Crippen LogP) is 5.29. The van der Waals surface area contributed by atoms with Gasteiger partial charge in [0.1, 0.15) is 11.4 Å². The molecule has 0 spiro atoms. The maximum absolute atomic E-state index is 13.1. The number of amides is 1. The van der Waals surface area contributed by atoms with Gasteiger partial charge in [-0.3, -0.25) is 19.6 Å². The van der Waals surface area contributed by atoms with Crippen LogP contribution in [0.5, 0.6) is 0 Å². The number of pyridine rings is 2. The smallest absolute Gasteiger partial charge is 0.274 e. The Morgan fingerprint density at radius 1 is 0.833 bits per heavy atom. The van der Waals surface area contributed by atoms with Gasteiger partial charge < -0.3 is 20.8 Å². The molecule has 0 radical (unpaired) electrons. The average Bonchev–Trinajstić information content (AvgIpc) is 3.00. The van der Waals surface area contributed by atoms with E-state index in [1.165, 1.54) is 0 Å². The van der Waals surface area contributed by atoms with E-state index < -0.39 is 0 Å². The fourth-order valence-electron chi connectivity index (χ4n) is 4.59. The predicted molar refractivity (Wildman–Crippen MR) is 168 cm³/mol. The first-order valence-electron chi connectivity index (χ1n) is 14.0. The van der Waals surface area contributed by atoms with Crippen LogP contribution in [0.2, 0.25) is 0 Å². The molecule has 4 N–H and O–H groups in total. The molecule has 2 aromatic heterocycles. The third-order valence-electron chi connectivity index (χ3n) is 6.96. The van der Waals surface area contributed by atoms with Crippen molar-refractivity contribution < 1.29 is 19.8 Å². The van der Waals surface area contributed by atoms with Crippen LogP contribution in [0.4, 0.5) is 5.69 Å². The minimum atomic E-state index is -0.293. The molecule has 2 aromatic carbocycles. The molecule has 9 heteroatoms. The zero-order valence-corrected chi connectivity index (χ0v) is 25.2. The third kappa shape index (κ3) is 8.17. The maximum atomic E-state index is 13.1. The van der Waals surface area contributed by atoms with Crippen molar-refractivity contribution in [2.24, 2.45) is 0 Å². The average molecular weight is 632 g/mol. The number of carbonyl (C=O) groups excluding carboxylic acids is 2. The molecule has 0 bridgehead atoms. The number of anilines is 1. The number of aliphatic hydroxyl groups is 2. The molecule has 4 aromatic rings. The molecule has 0 saturated carbocycles. The molecule has 0 saturated heterocycles. The van der Waals surface area contributed by atoms with Crippen molar-refractivity contribution in [3.05, 3.63) is 111 Å². The van der Waals surface area contributed by atoms with E-state index in [9.17, 15) is 9.59 Å². The minimum Gasteiger partial charge on any atom is -0.396 e. The SMILES string of the molecule is Cc1c(NC(=O)c2ccc(CCCCO)cn2)cccc1-c1cccc(CC(=O)c2ccc(CNCCO)cn2)c1Br. The topological polar surface area (TPSA) is 124 Å². The molecule has 218 valence electrons. The highest BCUT2D eigenvalue weighted by Crippen LogP contribution is 2.36. The number of aliphatic hydroxyl groups excluding tert-OH is 2. The minimum absolute atomic E-state index is 0.0655. The summed E-state index contributed by atoms with van der Waals surface area (Å²) in [7, 11) is 0. The maximum Gasteiger partial charge on any atom is 0.274 e. The second-order valence-electron chi connectivity index (χ2n) is 10.00. The van der Waals surface area contributed by atoms with Crippen molar-refractivity contribution >= 4 is 33.3 Å². The van der Waals surface area contributed by atoms with Crippen LogP contribution in [-0.4, -0.2) is 51.6 Å². The van der Waals surface area contributed by atoms with Crippen molar-refractivity contribution in [3.8, 4) is 11.1 Å². The Bertz CT molecular complexity index is 1390. The summed E-state index contributed by atoms with van der Waals surface area (Å²) in [5.74, 6) is -0.384. The molecule has 0 aliphatic rings. The molecule has 2 heterocycles. The molecular formula is C33H35BrN4O4. The Labute approximate surface area is 254 Å². The summed E-state index contributed by atoms with van der Waals surface area (Å²) in [5, 5.41) is 23.9. The quantitative estimate of drug-likeness (QED) is 0.110. The summed E-state index contributed by atoms with van der Waals surface area (Å²) in [5.41, 5.74) is 6.94. The number of ketones is 1. The van der Waals surface area contributed by atoms with Gasteiger partial charge in [-0.05, 0) is 93.7 Å². The van der Waals surface area contributed by atoms with Gasteiger partial charge in [-0.2, -0.15) is 0 Å². The van der Waals surface area contributed by atoms with E-state index in [0.29, 0.717) is 30.2 Å². The molecule has 0 aliphatic heterocycles. The second-order valence-corrected chi connectivity index (χ2v) is 10.8. The fourth-order valence-corrected chi connectivity index (χ4v) is 5.21. The summed E-state index contributed by atoms with van der Waals surface area (Å²) < 4.78 is 0.813. The van der Waals surface area contributed by atoms with Crippen molar-refractivity contribution in [1.29, 1.82) is 0 Å². The number of benzene rings is 2. The standard InChI is InChI=1S/C33H35BrN4O4/c1-22-26(8-5-10-28(22)38-33(42)30-14-11-23(20-37-30)6-2-3-16-39)27-9-4-7-25(32(27)34)18-31(41)29-13-12-24(21-36-29)19-35-15-17-40/h4-5,7-14,20-21,35,39-40H,2-3,6,15-19H2,1H3,(H,38,42). The molecule has 0 unspecified atom stereocenters. The molecule has 4 rings (SSSR count). The van der Waals surface area contributed by atoms with Gasteiger partial charge in [0, 0.05) is 48.7 Å². The van der Waals surface area contributed by atoms with Gasteiger partial charge in [-0.15, -0.1) is 0 Å². The first kappa shape index (κ1) is 31.2. The van der Waals surface area contributed by atoms with E-state index >= 15 is 0 Å². The molecular weight excluding hydrogens is 596 g/mol. The highest BCUT2D eigenvalue weighted by molar-refractivity contribution is 9.10. The number of nitrogens with one attached hydrogen (secondary N) is 2. The van der Waals surface area contributed by atoms with Gasteiger partial charge in [-0.1, -0.05) is 42.5 Å². The number of hydrogen-bond donors (Lipinski definition) is 4. The van der Waals surface area contributed by atoms with Crippen molar-refractivity contribution in [1.82, 2.24) is 15.3 Å².